The molecule has 3 rings (SSSR count). The normalized spacial score (nSPS) is 10.6. The van der Waals surface area contributed by atoms with Crippen molar-refractivity contribution in [3.05, 3.63) is 69.6 Å². The summed E-state index contributed by atoms with van der Waals surface area (Å²) in [6.07, 6.45) is 1.84. The van der Waals surface area contributed by atoms with Crippen molar-refractivity contribution in [3.63, 3.8) is 0 Å². The zero-order chi connectivity index (χ0) is 14.7. The van der Waals surface area contributed by atoms with Gasteiger partial charge in [-0.1, -0.05) is 40.2 Å². The third kappa shape index (κ3) is 3.52. The van der Waals surface area contributed by atoms with Crippen molar-refractivity contribution in [2.24, 2.45) is 0 Å². The molecular formula is C17H15BrN2S. The molecule has 0 saturated carbocycles. The van der Waals surface area contributed by atoms with Crippen molar-refractivity contribution >= 4 is 33.0 Å². The first-order chi connectivity index (χ1) is 10.2. The van der Waals surface area contributed by atoms with Crippen LogP contribution in [0.15, 0.2) is 58.5 Å². The van der Waals surface area contributed by atoms with Gasteiger partial charge in [0.25, 0.3) is 0 Å². The first kappa shape index (κ1) is 14.3. The van der Waals surface area contributed by atoms with Crippen LogP contribution in [0.3, 0.4) is 0 Å². The number of anilines is 1. The van der Waals surface area contributed by atoms with Crippen LogP contribution in [0, 0.1) is 6.92 Å². The van der Waals surface area contributed by atoms with Crippen LogP contribution in [0.1, 0.15) is 11.1 Å². The highest BCUT2D eigenvalue weighted by atomic mass is 79.9. The summed E-state index contributed by atoms with van der Waals surface area (Å²) in [4.78, 5) is 4.35. The fraction of sp³-hybridized carbons (Fsp3) is 0.118. The second kappa shape index (κ2) is 6.41. The predicted molar refractivity (Wildman–Crippen MR) is 93.8 cm³/mol. The standard InChI is InChI=1S/C17H15BrN2S/c1-12-5-6-14(16(18)9-12)11-20-15-4-2-3-13(10-15)17-19-7-8-21-17/h2-10,20H,11H2,1H3. The average molecular weight is 359 g/mol. The summed E-state index contributed by atoms with van der Waals surface area (Å²) in [7, 11) is 0. The van der Waals surface area contributed by atoms with Gasteiger partial charge in [-0.15, -0.1) is 11.3 Å². The zero-order valence-corrected chi connectivity index (χ0v) is 14.0. The highest BCUT2D eigenvalue weighted by molar-refractivity contribution is 9.10. The van der Waals surface area contributed by atoms with Gasteiger partial charge in [-0.05, 0) is 36.2 Å². The largest absolute Gasteiger partial charge is 0.381 e. The van der Waals surface area contributed by atoms with Gasteiger partial charge in [-0.3, -0.25) is 0 Å². The SMILES string of the molecule is Cc1ccc(CNc2cccc(-c3nccs3)c2)c(Br)c1. The lowest BCUT2D eigenvalue weighted by atomic mass is 10.1. The number of nitrogens with zero attached hydrogens (tertiary/aromatic N) is 1. The molecule has 0 fully saturated rings. The Morgan fingerprint density at radius 2 is 2.10 bits per heavy atom. The van der Waals surface area contributed by atoms with E-state index in [9.17, 15) is 0 Å². The third-order valence-electron chi connectivity index (χ3n) is 3.23. The van der Waals surface area contributed by atoms with E-state index in [1.807, 2.05) is 11.6 Å². The Bertz CT molecular complexity index is 738. The van der Waals surface area contributed by atoms with Gasteiger partial charge in [0.05, 0.1) is 0 Å². The fourth-order valence-electron chi connectivity index (χ4n) is 2.12. The van der Waals surface area contributed by atoms with Gasteiger partial charge in [-0.2, -0.15) is 0 Å². The molecule has 1 heterocycles. The monoisotopic (exact) mass is 358 g/mol. The van der Waals surface area contributed by atoms with Gasteiger partial charge in [0.2, 0.25) is 0 Å². The maximum atomic E-state index is 4.35. The summed E-state index contributed by atoms with van der Waals surface area (Å²) in [6.45, 7) is 2.89. The van der Waals surface area contributed by atoms with Crippen LogP contribution in [0.25, 0.3) is 10.6 Å². The van der Waals surface area contributed by atoms with Crippen LogP contribution < -0.4 is 5.32 Å². The summed E-state index contributed by atoms with van der Waals surface area (Å²) < 4.78 is 1.14. The number of hydrogen-bond acceptors (Lipinski definition) is 3. The van der Waals surface area contributed by atoms with Gasteiger partial charge in [0, 0.05) is 33.8 Å². The van der Waals surface area contributed by atoms with Crippen molar-refractivity contribution in [1.82, 2.24) is 4.98 Å². The summed E-state index contributed by atoms with van der Waals surface area (Å²) in [5.41, 5.74) is 4.77. The van der Waals surface area contributed by atoms with E-state index in [1.54, 1.807) is 11.3 Å². The molecule has 21 heavy (non-hydrogen) atoms. The van der Waals surface area contributed by atoms with Crippen LogP contribution in [0.5, 0.6) is 0 Å². The Morgan fingerprint density at radius 3 is 2.86 bits per heavy atom. The molecule has 3 aromatic rings. The highest BCUT2D eigenvalue weighted by Gasteiger charge is 2.03. The minimum Gasteiger partial charge on any atom is -0.381 e. The minimum atomic E-state index is 0.794. The van der Waals surface area contributed by atoms with Crippen molar-refractivity contribution in [3.8, 4) is 10.6 Å². The maximum absolute atomic E-state index is 4.35. The van der Waals surface area contributed by atoms with E-state index in [4.69, 9.17) is 0 Å². The first-order valence-electron chi connectivity index (χ1n) is 6.71. The number of thiazole rings is 1. The molecule has 106 valence electrons. The topological polar surface area (TPSA) is 24.9 Å². The van der Waals surface area contributed by atoms with Crippen LogP contribution in [0.4, 0.5) is 5.69 Å². The van der Waals surface area contributed by atoms with E-state index in [-0.39, 0.29) is 0 Å². The molecule has 0 atom stereocenters. The molecule has 0 aliphatic rings. The summed E-state index contributed by atoms with van der Waals surface area (Å²) in [5, 5.41) is 6.52. The Kier molecular flexibility index (Phi) is 4.36. The average Bonchev–Trinajstić information content (AvgIpc) is 3.01. The quantitative estimate of drug-likeness (QED) is 0.666. The molecule has 0 saturated heterocycles. The maximum Gasteiger partial charge on any atom is 0.123 e. The molecule has 2 nitrogen and oxygen atoms in total. The van der Waals surface area contributed by atoms with E-state index in [1.165, 1.54) is 11.1 Å². The van der Waals surface area contributed by atoms with E-state index in [0.29, 0.717) is 0 Å². The lowest BCUT2D eigenvalue weighted by Gasteiger charge is -2.10. The molecule has 0 amide bonds. The molecule has 0 spiro atoms. The summed E-state index contributed by atoms with van der Waals surface area (Å²) >= 11 is 5.28. The Morgan fingerprint density at radius 1 is 1.19 bits per heavy atom. The Balaban J connectivity index is 1.75. The number of halogens is 1. The third-order valence-corrected chi connectivity index (χ3v) is 4.79. The molecule has 0 unspecified atom stereocenters. The Labute approximate surface area is 137 Å². The highest BCUT2D eigenvalue weighted by Crippen LogP contribution is 2.25. The number of aromatic nitrogens is 1. The van der Waals surface area contributed by atoms with Crippen LogP contribution >= 0.6 is 27.3 Å². The molecule has 1 N–H and O–H groups in total. The number of hydrogen-bond donors (Lipinski definition) is 1. The predicted octanol–water partition coefficient (Wildman–Crippen LogP) is 5.49. The van der Waals surface area contributed by atoms with E-state index in [2.05, 4.69) is 75.6 Å². The van der Waals surface area contributed by atoms with Gasteiger partial charge in [0.15, 0.2) is 0 Å². The number of rotatable bonds is 4. The zero-order valence-electron chi connectivity index (χ0n) is 11.6. The van der Waals surface area contributed by atoms with Crippen molar-refractivity contribution < 1.29 is 0 Å². The van der Waals surface area contributed by atoms with Gasteiger partial charge in [0.1, 0.15) is 5.01 Å². The van der Waals surface area contributed by atoms with Crippen molar-refractivity contribution in [2.75, 3.05) is 5.32 Å². The molecule has 4 heteroatoms. The van der Waals surface area contributed by atoms with Crippen molar-refractivity contribution in [1.29, 1.82) is 0 Å². The number of benzene rings is 2. The molecule has 1 aromatic heterocycles. The molecule has 2 aromatic carbocycles. The van der Waals surface area contributed by atoms with Crippen LogP contribution in [-0.4, -0.2) is 4.98 Å². The van der Waals surface area contributed by atoms with E-state index < -0.39 is 0 Å². The Hall–Kier alpha value is -1.65. The van der Waals surface area contributed by atoms with Crippen LogP contribution in [0.2, 0.25) is 0 Å². The first-order valence-corrected chi connectivity index (χ1v) is 8.38. The minimum absolute atomic E-state index is 0.794. The van der Waals surface area contributed by atoms with Gasteiger partial charge >= 0.3 is 0 Å². The second-order valence-corrected chi connectivity index (χ2v) is 6.62. The molecule has 0 aliphatic carbocycles. The molecule has 0 bridgehead atoms. The lowest BCUT2D eigenvalue weighted by molar-refractivity contribution is 1.13. The van der Waals surface area contributed by atoms with Crippen molar-refractivity contribution in [2.45, 2.75) is 13.5 Å². The van der Waals surface area contributed by atoms with E-state index >= 15 is 0 Å². The molecule has 0 aliphatic heterocycles. The summed E-state index contributed by atoms with van der Waals surface area (Å²) in [5.74, 6) is 0. The lowest BCUT2D eigenvalue weighted by Crippen LogP contribution is -2.00. The van der Waals surface area contributed by atoms with Gasteiger partial charge in [-0.25, -0.2) is 4.98 Å². The number of aryl methyl sites for hydroxylation is 1. The fourth-order valence-corrected chi connectivity index (χ4v) is 3.39. The van der Waals surface area contributed by atoms with E-state index in [0.717, 1.165) is 27.3 Å². The molecular weight excluding hydrogens is 344 g/mol. The number of nitrogens with one attached hydrogen (secondary N) is 1. The van der Waals surface area contributed by atoms with Crippen LogP contribution in [-0.2, 0) is 6.54 Å². The summed E-state index contributed by atoms with van der Waals surface area (Å²) in [6, 6.07) is 14.8. The second-order valence-electron chi connectivity index (χ2n) is 4.87. The van der Waals surface area contributed by atoms with Gasteiger partial charge < -0.3 is 5.32 Å². The molecule has 0 radical (unpaired) electrons. The smallest absolute Gasteiger partial charge is 0.123 e.